The minimum atomic E-state index is -1.47. The average Bonchev–Trinajstić information content (AvgIpc) is 2.46. The maximum Gasteiger partial charge on any atom is 4.00 e. The van der Waals surface area contributed by atoms with Crippen LogP contribution in [0.25, 0.3) is 20.3 Å². The summed E-state index contributed by atoms with van der Waals surface area (Å²) in [6.07, 6.45) is 0. The Hall–Kier alpha value is 1.29. The van der Waals surface area contributed by atoms with E-state index in [0.29, 0.717) is 19.5 Å². The first kappa shape index (κ1) is 29.1. The van der Waals surface area contributed by atoms with Gasteiger partial charge >= 0.3 is 18.6 Å². The van der Waals surface area contributed by atoms with Crippen molar-refractivity contribution in [3.63, 3.8) is 0 Å². The maximum atomic E-state index is 7.17. The third-order valence-corrected chi connectivity index (χ3v) is 24.3. The van der Waals surface area contributed by atoms with Crippen LogP contribution in [-0.2, 0) is 18.6 Å². The molecule has 0 rings (SSSR count). The van der Waals surface area contributed by atoms with Gasteiger partial charge in [0, 0.05) is 0 Å². The molecule has 0 saturated heterocycles. The number of hydrogen-bond donors (Lipinski definition) is 0. The van der Waals surface area contributed by atoms with E-state index >= 15 is 0 Å². The van der Waals surface area contributed by atoms with Crippen LogP contribution in [0.1, 0.15) is 20.8 Å². The second kappa shape index (κ2) is 11.1. The minimum absolute atomic E-state index is 0. The summed E-state index contributed by atoms with van der Waals surface area (Å²) in [5.74, 6) is 0. The Kier molecular flexibility index (Phi) is 14.0. The molecular weight excluding hydrogens is 387 g/mol. The summed E-state index contributed by atoms with van der Waals surface area (Å²) in [5.41, 5.74) is 0. The summed E-state index contributed by atoms with van der Waals surface area (Å²) in [4.78, 5) is 13.6. The van der Waals surface area contributed by atoms with Crippen LogP contribution in [0.3, 0.4) is 0 Å². The third kappa shape index (κ3) is 8.02. The summed E-state index contributed by atoms with van der Waals surface area (Å²) < 4.78 is 0.337. The largest absolute Gasteiger partial charge is 4.00 e. The van der Waals surface area contributed by atoms with Crippen LogP contribution in [0.5, 0.6) is 0 Å². The topological polar surface area (TPSA) is 66.1 Å². The fourth-order valence-electron chi connectivity index (χ4n) is 1.68. The molecule has 0 amide bonds. The van der Waals surface area contributed by atoms with Gasteiger partial charge in [0.05, 0.1) is 0 Å². The van der Waals surface area contributed by atoms with Gasteiger partial charge in [-0.2, -0.15) is 21.1 Å². The minimum Gasteiger partial charge on any atom is -0.685 e. The van der Waals surface area contributed by atoms with Gasteiger partial charge in [0.1, 0.15) is 0 Å². The summed E-state index contributed by atoms with van der Waals surface area (Å²) in [6, 6.07) is 0. The van der Waals surface area contributed by atoms with Gasteiger partial charge in [0.2, 0.25) is 0 Å². The first-order chi connectivity index (χ1) is 9.66. The van der Waals surface area contributed by atoms with Crippen LogP contribution in [0.15, 0.2) is 0 Å². The summed E-state index contributed by atoms with van der Waals surface area (Å²) in [5, 5.41) is 7.70. The van der Waals surface area contributed by atoms with Crippen LogP contribution < -0.4 is 0 Å². The molecule has 9 heteroatoms. The summed E-state index contributed by atoms with van der Waals surface area (Å²) in [7, 11) is 1.85. The van der Waals surface area contributed by atoms with Crippen molar-refractivity contribution in [1.29, 1.82) is 0 Å². The Morgan fingerprint density at radius 3 is 1.26 bits per heavy atom. The van der Waals surface area contributed by atoms with Crippen molar-refractivity contribution in [3.05, 3.63) is 20.3 Å². The van der Waals surface area contributed by atoms with E-state index in [1.54, 1.807) is 0 Å². The van der Waals surface area contributed by atoms with Gasteiger partial charge in [-0.3, -0.25) is 0 Å². The van der Waals surface area contributed by atoms with E-state index in [4.69, 9.17) is 5.40 Å². The Bertz CT molecular complexity index is 308. The number of hydrogen-bond acceptors (Lipinski definition) is 0. The molecule has 0 fully saturated rings. The second-order valence-corrected chi connectivity index (χ2v) is 24.4. The molecule has 0 spiro atoms. The van der Waals surface area contributed by atoms with Crippen LogP contribution >= 0.6 is 0 Å². The molecule has 0 bridgehead atoms. The fraction of sp³-hybridized carbons (Fsp3) is 1.00. The van der Waals surface area contributed by atoms with Gasteiger partial charge in [0.15, 0.2) is 0 Å². The predicted molar refractivity (Wildman–Crippen MR) is 114 cm³/mol. The van der Waals surface area contributed by atoms with Crippen molar-refractivity contribution < 1.29 is 18.6 Å². The van der Waals surface area contributed by atoms with Gasteiger partial charge in [-0.1, -0.05) is 94.6 Å². The van der Waals surface area contributed by atoms with Gasteiger partial charge in [-0.15, -0.1) is 9.68 Å². The third-order valence-electron chi connectivity index (χ3n) is 6.03. The van der Waals surface area contributed by atoms with E-state index < -0.39 is 24.7 Å². The molecule has 0 aliphatic rings. The first-order valence-electron chi connectivity index (χ1n) is 7.92. The molecule has 1 unspecified atom stereocenters. The first-order valence-corrected chi connectivity index (χ1v) is 17.9. The van der Waals surface area contributed by atoms with Crippen LogP contribution in [-0.4, -0.2) is 55.5 Å². The summed E-state index contributed by atoms with van der Waals surface area (Å²) in [6.45, 7) is 20.6. The Morgan fingerprint density at radius 1 is 0.826 bits per heavy atom. The molecule has 23 heavy (non-hydrogen) atoms. The Morgan fingerprint density at radius 2 is 1.13 bits per heavy atom. The smallest absolute Gasteiger partial charge is 0.685 e. The zero-order valence-electron chi connectivity index (χ0n) is 17.4. The molecule has 0 aliphatic carbocycles. The zero-order chi connectivity index (χ0) is 18.4. The molecule has 4 nitrogen and oxygen atoms in total. The average molecular weight is 426 g/mol. The number of nitrogens with zero attached hydrogens (tertiary/aromatic N) is 3. The van der Waals surface area contributed by atoms with E-state index in [1.165, 1.54) is 0 Å². The fourth-order valence-corrected chi connectivity index (χ4v) is 11.6. The maximum absolute atomic E-state index is 7.17. The molecule has 0 heterocycles. The molecule has 0 saturated carbocycles. The number of nitrogens with one attached hydrogen (secondary N) is 1. The van der Waals surface area contributed by atoms with Gasteiger partial charge in [0.25, 0.3) is 0 Å². The molecule has 0 aromatic heterocycles. The molecular formula is C14H38N4Si4V. The standard InChI is InChI=1S/C9H24N2Si2.C5H14N2Si2.V/c1-9(2,12(5,6)10-3)13(7,8)11-4;1-5(8-6)9(3,4)7-2;/h1-8H3;5-6H,1-4H3;/q2*-2;+4. The van der Waals surface area contributed by atoms with Crippen LogP contribution in [0.2, 0.25) is 49.1 Å². The quantitative estimate of drug-likeness (QED) is 0.453. The van der Waals surface area contributed by atoms with Crippen molar-refractivity contribution in [2.24, 2.45) is 0 Å². The van der Waals surface area contributed by atoms with Crippen LogP contribution in [0.4, 0.5) is 0 Å². The van der Waals surface area contributed by atoms with E-state index in [1.807, 2.05) is 21.1 Å². The second-order valence-electron chi connectivity index (χ2n) is 7.93. The summed E-state index contributed by atoms with van der Waals surface area (Å²) >= 11 is 0. The molecule has 1 atom stereocenters. The molecule has 0 aromatic carbocycles. The van der Waals surface area contributed by atoms with Crippen molar-refractivity contribution in [1.82, 2.24) is 0 Å². The van der Waals surface area contributed by atoms with Crippen molar-refractivity contribution in [3.8, 4) is 0 Å². The van der Waals surface area contributed by atoms with E-state index in [0.717, 1.165) is 0 Å². The monoisotopic (exact) mass is 425 g/mol. The number of rotatable bonds is 7. The van der Waals surface area contributed by atoms with Gasteiger partial charge in [-0.25, -0.2) is 0 Å². The van der Waals surface area contributed by atoms with E-state index in [9.17, 15) is 0 Å². The van der Waals surface area contributed by atoms with Crippen molar-refractivity contribution in [2.45, 2.75) is 69.9 Å². The van der Waals surface area contributed by atoms with E-state index in [-0.39, 0.29) is 18.6 Å². The van der Waals surface area contributed by atoms with Crippen LogP contribution in [0, 0.1) is 0 Å². The Labute approximate surface area is 164 Å². The van der Waals surface area contributed by atoms with Gasteiger partial charge < -0.3 is 20.3 Å². The van der Waals surface area contributed by atoms with Crippen molar-refractivity contribution >= 4 is 34.4 Å². The SMILES string of the molecule is C[N-][Si](C)(C)C(C)(C)[Si](C)(C)[N-]C.C[N-][Si](C)(C)C(C)[Si][NH-].[V+4]. The Balaban J connectivity index is -0.000000354. The predicted octanol–water partition coefficient (Wildman–Crippen LogP) is 5.93. The molecule has 0 aromatic rings. The normalized spacial score (nSPS) is 14.5. The van der Waals surface area contributed by atoms with Gasteiger partial charge in [-0.05, 0) is 0 Å². The molecule has 135 valence electrons. The molecule has 3 radical (unpaired) electrons. The van der Waals surface area contributed by atoms with Crippen molar-refractivity contribution in [2.75, 3.05) is 21.1 Å². The zero-order valence-corrected chi connectivity index (χ0v) is 22.8. The van der Waals surface area contributed by atoms with E-state index in [2.05, 4.69) is 75.0 Å². The molecule has 1 N–H and O–H groups in total. The molecule has 0 aliphatic heterocycles.